The molecule has 0 aliphatic carbocycles. The minimum absolute atomic E-state index is 0.0223. The maximum absolute atomic E-state index is 13.2. The van der Waals surface area contributed by atoms with E-state index in [2.05, 4.69) is 0 Å². The third-order valence-electron chi connectivity index (χ3n) is 8.79. The Morgan fingerprint density at radius 3 is 2.00 bits per heavy atom. The Kier molecular flexibility index (Phi) is 13.7. The molecule has 17 nitrogen and oxygen atoms in total. The Morgan fingerprint density at radius 1 is 0.673 bits per heavy atom. The third kappa shape index (κ3) is 10.7. The molecule has 17 heteroatoms. The van der Waals surface area contributed by atoms with Gasteiger partial charge in [-0.1, -0.05) is 24.3 Å². The Bertz CT molecular complexity index is 1830. The Morgan fingerprint density at radius 2 is 1.31 bits per heavy atom. The zero-order chi connectivity index (χ0) is 39.8. The highest BCUT2D eigenvalue weighted by Gasteiger charge is 2.52. The van der Waals surface area contributed by atoms with Crippen LogP contribution in [-0.2, 0) is 44.4 Å². The molecule has 9 N–H and O–H groups in total. The van der Waals surface area contributed by atoms with Gasteiger partial charge in [0, 0.05) is 12.2 Å². The van der Waals surface area contributed by atoms with Crippen LogP contribution in [0.15, 0.2) is 72.8 Å². The maximum Gasteiger partial charge on any atom is 0.331 e. The minimum atomic E-state index is -1.84. The van der Waals surface area contributed by atoms with Crippen LogP contribution in [0.25, 0.3) is 12.2 Å². The molecule has 2 aliphatic rings. The van der Waals surface area contributed by atoms with Gasteiger partial charge in [-0.25, -0.2) is 9.59 Å². The van der Waals surface area contributed by atoms with E-state index in [1.165, 1.54) is 67.6 Å². The van der Waals surface area contributed by atoms with Gasteiger partial charge in [0.1, 0.15) is 49.0 Å². The molecule has 10 unspecified atom stereocenters. The lowest BCUT2D eigenvalue weighted by Crippen LogP contribution is -2.65. The van der Waals surface area contributed by atoms with Gasteiger partial charge < -0.3 is 74.4 Å². The number of phenols is 5. The number of carbonyl (C=O) groups is 2. The number of phenolic OH excluding ortho intramolecular Hbond substituents is 5. The SMILES string of the molecule is CC1OC(OC2C(O)C(OCCc3ccc(O)c(O)c3)OC(COC(=O)C=Cc3ccc(O)cc3)C2OC(=O)C=Cc2ccc(O)c(O)c2)C(O)C(O)C1O. The summed E-state index contributed by atoms with van der Waals surface area (Å²) in [5.74, 6) is -3.41. The molecular formula is C38H42O17. The first kappa shape index (κ1) is 40.9. The normalized spacial score (nSPS) is 28.3. The number of aliphatic hydroxyl groups is 4. The second-order valence-electron chi connectivity index (χ2n) is 12.8. The Hall–Kier alpha value is -5.24. The average Bonchev–Trinajstić information content (AvgIpc) is 3.16. The van der Waals surface area contributed by atoms with E-state index in [9.17, 15) is 55.5 Å². The van der Waals surface area contributed by atoms with Crippen LogP contribution >= 0.6 is 0 Å². The topological polar surface area (TPSA) is 272 Å². The van der Waals surface area contributed by atoms with Crippen LogP contribution in [0.5, 0.6) is 28.7 Å². The summed E-state index contributed by atoms with van der Waals surface area (Å²) in [5.41, 5.74) is 1.39. The van der Waals surface area contributed by atoms with Crippen molar-refractivity contribution >= 4 is 24.1 Å². The lowest BCUT2D eigenvalue weighted by molar-refractivity contribution is -0.357. The molecule has 10 atom stereocenters. The summed E-state index contributed by atoms with van der Waals surface area (Å²) in [6.07, 6.45) is -11.0. The molecular weight excluding hydrogens is 728 g/mol. The molecule has 0 spiro atoms. The summed E-state index contributed by atoms with van der Waals surface area (Å²) >= 11 is 0. The molecule has 5 rings (SSSR count). The summed E-state index contributed by atoms with van der Waals surface area (Å²) in [6, 6.07) is 13.8. The smallest absolute Gasteiger partial charge is 0.331 e. The van der Waals surface area contributed by atoms with Crippen LogP contribution in [0, 0.1) is 0 Å². The minimum Gasteiger partial charge on any atom is -0.508 e. The van der Waals surface area contributed by atoms with Gasteiger partial charge in [-0.05, 0) is 78.6 Å². The molecule has 2 heterocycles. The first-order valence-electron chi connectivity index (χ1n) is 17.1. The molecule has 0 bridgehead atoms. The number of aliphatic hydroxyl groups excluding tert-OH is 4. The van der Waals surface area contributed by atoms with Crippen molar-refractivity contribution in [2.75, 3.05) is 13.2 Å². The Labute approximate surface area is 314 Å². The van der Waals surface area contributed by atoms with Crippen LogP contribution in [0.1, 0.15) is 23.6 Å². The van der Waals surface area contributed by atoms with E-state index < -0.39 is 85.7 Å². The first-order chi connectivity index (χ1) is 26.2. The lowest BCUT2D eigenvalue weighted by Gasteiger charge is -2.46. The van der Waals surface area contributed by atoms with Gasteiger partial charge in [-0.3, -0.25) is 0 Å². The fourth-order valence-electron chi connectivity index (χ4n) is 5.71. The highest BCUT2D eigenvalue weighted by molar-refractivity contribution is 5.88. The molecule has 0 saturated carbocycles. The summed E-state index contributed by atoms with van der Waals surface area (Å²) in [6.45, 7) is 0.648. The van der Waals surface area contributed by atoms with Crippen molar-refractivity contribution in [2.24, 2.45) is 0 Å². The second kappa shape index (κ2) is 18.4. The number of ether oxygens (including phenoxy) is 6. The molecule has 0 radical (unpaired) electrons. The fourth-order valence-corrected chi connectivity index (χ4v) is 5.71. The van der Waals surface area contributed by atoms with Gasteiger partial charge in [0.15, 0.2) is 41.7 Å². The van der Waals surface area contributed by atoms with E-state index in [0.29, 0.717) is 16.7 Å². The predicted molar refractivity (Wildman–Crippen MR) is 188 cm³/mol. The van der Waals surface area contributed by atoms with Gasteiger partial charge in [0.2, 0.25) is 0 Å². The molecule has 2 aliphatic heterocycles. The van der Waals surface area contributed by atoms with E-state index in [4.69, 9.17) is 28.4 Å². The zero-order valence-corrected chi connectivity index (χ0v) is 29.3. The van der Waals surface area contributed by atoms with Crippen LogP contribution in [0.2, 0.25) is 0 Å². The van der Waals surface area contributed by atoms with Crippen LogP contribution in [-0.4, -0.2) is 133 Å². The Balaban J connectivity index is 1.41. The summed E-state index contributed by atoms with van der Waals surface area (Å²) in [4.78, 5) is 26.1. The van der Waals surface area contributed by atoms with E-state index >= 15 is 0 Å². The van der Waals surface area contributed by atoms with Crippen molar-refractivity contribution < 1.29 is 84.0 Å². The zero-order valence-electron chi connectivity index (χ0n) is 29.3. The van der Waals surface area contributed by atoms with Crippen molar-refractivity contribution in [1.82, 2.24) is 0 Å². The number of hydrogen-bond acceptors (Lipinski definition) is 17. The standard InChI is InChI=1S/C38H42O17/c1-19-31(46)32(47)33(48)38(52-19)55-36-34(49)37(50-15-14-22-5-11-25(41)27(43)17-22)53-28(18-51-29(44)12-6-20-2-8-23(39)9-3-20)35(36)54-30(45)13-7-21-4-10-24(40)26(42)16-21/h2-13,16-17,19,28,31-43,46-49H,14-15,18H2,1H3. The van der Waals surface area contributed by atoms with Crippen molar-refractivity contribution in [3.05, 3.63) is 89.5 Å². The molecule has 3 aromatic rings. The molecule has 2 saturated heterocycles. The summed E-state index contributed by atoms with van der Waals surface area (Å²) in [7, 11) is 0. The van der Waals surface area contributed by atoms with Crippen molar-refractivity contribution in [2.45, 2.75) is 74.8 Å². The predicted octanol–water partition coefficient (Wildman–Crippen LogP) is 0.954. The lowest BCUT2D eigenvalue weighted by atomic mass is 9.97. The van der Waals surface area contributed by atoms with E-state index in [1.54, 1.807) is 12.1 Å². The van der Waals surface area contributed by atoms with E-state index in [0.717, 1.165) is 12.2 Å². The quantitative estimate of drug-likeness (QED) is 0.0665. The van der Waals surface area contributed by atoms with Gasteiger partial charge in [-0.2, -0.15) is 0 Å². The first-order valence-corrected chi connectivity index (χ1v) is 17.1. The summed E-state index contributed by atoms with van der Waals surface area (Å²) in [5, 5.41) is 91.5. The molecule has 2 fully saturated rings. The van der Waals surface area contributed by atoms with E-state index in [-0.39, 0.29) is 36.0 Å². The van der Waals surface area contributed by atoms with E-state index in [1.807, 2.05) is 0 Å². The third-order valence-corrected chi connectivity index (χ3v) is 8.79. The van der Waals surface area contributed by atoms with Gasteiger partial charge in [0.05, 0.1) is 12.7 Å². The van der Waals surface area contributed by atoms with Gasteiger partial charge in [-0.15, -0.1) is 0 Å². The number of aromatic hydroxyl groups is 5. The van der Waals surface area contributed by atoms with Crippen molar-refractivity contribution in [3.63, 3.8) is 0 Å². The van der Waals surface area contributed by atoms with Crippen molar-refractivity contribution in [1.29, 1.82) is 0 Å². The monoisotopic (exact) mass is 770 g/mol. The second-order valence-corrected chi connectivity index (χ2v) is 12.8. The molecule has 3 aromatic carbocycles. The highest BCUT2D eigenvalue weighted by Crippen LogP contribution is 2.32. The molecule has 296 valence electrons. The number of carbonyl (C=O) groups excluding carboxylic acids is 2. The van der Waals surface area contributed by atoms with Gasteiger partial charge in [0.25, 0.3) is 0 Å². The van der Waals surface area contributed by atoms with Gasteiger partial charge >= 0.3 is 11.9 Å². The summed E-state index contributed by atoms with van der Waals surface area (Å²) < 4.78 is 34.5. The van der Waals surface area contributed by atoms with Crippen LogP contribution in [0.4, 0.5) is 0 Å². The number of rotatable bonds is 13. The van der Waals surface area contributed by atoms with Crippen molar-refractivity contribution in [3.8, 4) is 28.7 Å². The van der Waals surface area contributed by atoms with Crippen LogP contribution in [0.3, 0.4) is 0 Å². The average molecular weight is 771 g/mol. The highest BCUT2D eigenvalue weighted by atomic mass is 16.7. The largest absolute Gasteiger partial charge is 0.508 e. The molecule has 0 amide bonds. The maximum atomic E-state index is 13.2. The number of esters is 2. The number of benzene rings is 3. The number of hydrogen-bond donors (Lipinski definition) is 9. The molecule has 55 heavy (non-hydrogen) atoms. The van der Waals surface area contributed by atoms with Crippen LogP contribution < -0.4 is 0 Å². The fraction of sp³-hybridized carbons (Fsp3) is 0.368. The molecule has 0 aromatic heterocycles.